The highest BCUT2D eigenvalue weighted by molar-refractivity contribution is 5.96. The Morgan fingerprint density at radius 1 is 0.365 bits per heavy atom. The van der Waals surface area contributed by atoms with E-state index in [0.29, 0.717) is 0 Å². The second kappa shape index (κ2) is 11.1. The molecule has 0 aliphatic heterocycles. The van der Waals surface area contributed by atoms with Crippen LogP contribution in [0.1, 0.15) is 22.3 Å². The first kappa shape index (κ1) is 28.9. The third kappa shape index (κ3) is 3.96. The number of hydrogen-bond acceptors (Lipinski definition) is 2. The van der Waals surface area contributed by atoms with Gasteiger partial charge >= 0.3 is 0 Å². The molecule has 0 N–H and O–H groups in total. The second-order valence-corrected chi connectivity index (χ2v) is 13.7. The van der Waals surface area contributed by atoms with E-state index in [2.05, 4.69) is 180 Å². The molecule has 0 saturated carbocycles. The molecule has 0 bridgehead atoms. The molecule has 0 amide bonds. The van der Waals surface area contributed by atoms with E-state index in [0.717, 1.165) is 50.7 Å². The van der Waals surface area contributed by atoms with Crippen LogP contribution in [0.15, 0.2) is 188 Å². The van der Waals surface area contributed by atoms with Crippen LogP contribution in [0.4, 0.5) is 0 Å². The minimum Gasteiger partial charge on any atom is -0.299 e. The maximum absolute atomic E-state index is 5.41. The summed E-state index contributed by atoms with van der Waals surface area (Å²) in [5.74, 6) is 0. The SMILES string of the molecule is c1ccc(-c2nc3ccccn3c2-c2ccccc2-c2cccc(-c3ccc4c(c3)C3(c5ccccc5-c5ccccc53)c3ccccc3-4)n2)cc1. The smallest absolute Gasteiger partial charge is 0.137 e. The summed E-state index contributed by atoms with van der Waals surface area (Å²) in [6.45, 7) is 0. The Morgan fingerprint density at radius 2 is 0.923 bits per heavy atom. The molecule has 52 heavy (non-hydrogen) atoms. The first-order chi connectivity index (χ1) is 25.8. The van der Waals surface area contributed by atoms with E-state index in [1.165, 1.54) is 44.5 Å². The average molecular weight is 662 g/mol. The maximum atomic E-state index is 5.41. The zero-order valence-corrected chi connectivity index (χ0v) is 28.2. The lowest BCUT2D eigenvalue weighted by Crippen LogP contribution is -2.25. The van der Waals surface area contributed by atoms with E-state index in [9.17, 15) is 0 Å². The molecule has 3 heterocycles. The monoisotopic (exact) mass is 661 g/mol. The Labute approximate surface area is 302 Å². The predicted octanol–water partition coefficient (Wildman–Crippen LogP) is 11.7. The van der Waals surface area contributed by atoms with Crippen molar-refractivity contribution in [3.05, 3.63) is 210 Å². The molecule has 2 aliphatic carbocycles. The molecular formula is C49H31N3. The normalized spacial score (nSPS) is 13.2. The third-order valence-electron chi connectivity index (χ3n) is 11.1. The molecule has 9 aromatic rings. The van der Waals surface area contributed by atoms with Crippen LogP contribution >= 0.6 is 0 Å². The molecule has 242 valence electrons. The van der Waals surface area contributed by atoms with E-state index >= 15 is 0 Å². The van der Waals surface area contributed by atoms with Crippen molar-refractivity contribution in [2.75, 3.05) is 0 Å². The Kier molecular flexibility index (Phi) is 6.17. The van der Waals surface area contributed by atoms with Gasteiger partial charge in [0.05, 0.1) is 28.2 Å². The van der Waals surface area contributed by atoms with Crippen LogP contribution in [0, 0.1) is 0 Å². The van der Waals surface area contributed by atoms with E-state index in [1.54, 1.807) is 0 Å². The van der Waals surface area contributed by atoms with Crippen LogP contribution in [-0.4, -0.2) is 14.4 Å². The molecule has 0 fully saturated rings. The maximum Gasteiger partial charge on any atom is 0.137 e. The standard InChI is InChI=1S/C49H31N3/c1-2-15-32(16-3-1)47-48(52-30-13-12-27-46(52)51-47)39-21-5-4-20-38(39)45-26-14-25-44(50-45)33-28-29-37-36-19-8-11-24-42(36)49(43(37)31-33)40-22-9-6-17-34(40)35-18-7-10-23-41(35)49/h1-31H. The number of imidazole rings is 1. The molecule has 3 nitrogen and oxygen atoms in total. The quantitative estimate of drug-likeness (QED) is 0.188. The van der Waals surface area contributed by atoms with E-state index < -0.39 is 5.41 Å². The Morgan fingerprint density at radius 3 is 1.62 bits per heavy atom. The number of hydrogen-bond donors (Lipinski definition) is 0. The number of benzene rings is 6. The van der Waals surface area contributed by atoms with Gasteiger partial charge in [-0.25, -0.2) is 9.97 Å². The first-order valence-electron chi connectivity index (χ1n) is 17.8. The van der Waals surface area contributed by atoms with Gasteiger partial charge in [0, 0.05) is 28.5 Å². The molecular weight excluding hydrogens is 631 g/mol. The highest BCUT2D eigenvalue weighted by Gasteiger charge is 2.51. The van der Waals surface area contributed by atoms with Crippen molar-refractivity contribution in [3.63, 3.8) is 0 Å². The highest BCUT2D eigenvalue weighted by Crippen LogP contribution is 2.63. The Bertz CT molecular complexity index is 2800. The van der Waals surface area contributed by atoms with Crippen LogP contribution in [-0.2, 0) is 5.41 Å². The topological polar surface area (TPSA) is 30.2 Å². The van der Waals surface area contributed by atoms with Crippen molar-refractivity contribution in [2.45, 2.75) is 5.41 Å². The summed E-state index contributed by atoms with van der Waals surface area (Å²) in [6, 6.07) is 65.5. The molecule has 6 aromatic carbocycles. The minimum absolute atomic E-state index is 0.393. The van der Waals surface area contributed by atoms with Gasteiger partial charge in [-0.1, -0.05) is 152 Å². The second-order valence-electron chi connectivity index (χ2n) is 13.7. The van der Waals surface area contributed by atoms with Crippen molar-refractivity contribution >= 4 is 5.65 Å². The number of rotatable bonds is 4. The Balaban J connectivity index is 1.10. The molecule has 1 spiro atoms. The van der Waals surface area contributed by atoms with E-state index in [4.69, 9.17) is 9.97 Å². The lowest BCUT2D eigenvalue weighted by Gasteiger charge is -2.30. The van der Waals surface area contributed by atoms with Gasteiger partial charge < -0.3 is 0 Å². The third-order valence-corrected chi connectivity index (χ3v) is 11.1. The van der Waals surface area contributed by atoms with Gasteiger partial charge in [0.25, 0.3) is 0 Å². The molecule has 3 aromatic heterocycles. The lowest BCUT2D eigenvalue weighted by atomic mass is 9.70. The first-order valence-corrected chi connectivity index (χ1v) is 17.8. The van der Waals surface area contributed by atoms with Crippen molar-refractivity contribution in [1.29, 1.82) is 0 Å². The zero-order valence-electron chi connectivity index (χ0n) is 28.2. The molecule has 0 radical (unpaired) electrons. The van der Waals surface area contributed by atoms with Crippen LogP contribution < -0.4 is 0 Å². The summed E-state index contributed by atoms with van der Waals surface area (Å²) in [6.07, 6.45) is 2.10. The molecule has 0 unspecified atom stereocenters. The fourth-order valence-corrected chi connectivity index (χ4v) is 8.96. The van der Waals surface area contributed by atoms with Crippen molar-refractivity contribution in [2.24, 2.45) is 0 Å². The van der Waals surface area contributed by atoms with Gasteiger partial charge in [-0.15, -0.1) is 0 Å². The van der Waals surface area contributed by atoms with Gasteiger partial charge in [-0.3, -0.25) is 4.40 Å². The van der Waals surface area contributed by atoms with Gasteiger partial charge in [-0.2, -0.15) is 0 Å². The summed E-state index contributed by atoms with van der Waals surface area (Å²) in [7, 11) is 0. The van der Waals surface area contributed by atoms with E-state index in [1.807, 2.05) is 12.1 Å². The van der Waals surface area contributed by atoms with Crippen LogP contribution in [0.5, 0.6) is 0 Å². The summed E-state index contributed by atoms with van der Waals surface area (Å²) in [4.78, 5) is 10.5. The number of nitrogens with zero attached hydrogens (tertiary/aromatic N) is 3. The molecule has 0 saturated heterocycles. The van der Waals surface area contributed by atoms with Gasteiger partial charge in [-0.05, 0) is 74.8 Å². The number of pyridine rings is 2. The van der Waals surface area contributed by atoms with Gasteiger partial charge in [0.15, 0.2) is 0 Å². The zero-order chi connectivity index (χ0) is 34.2. The molecule has 3 heteroatoms. The lowest BCUT2D eigenvalue weighted by molar-refractivity contribution is 0.794. The van der Waals surface area contributed by atoms with Gasteiger partial charge in [0.2, 0.25) is 0 Å². The summed E-state index contributed by atoms with van der Waals surface area (Å²) < 4.78 is 2.19. The van der Waals surface area contributed by atoms with Crippen LogP contribution in [0.25, 0.3) is 72.9 Å². The predicted molar refractivity (Wildman–Crippen MR) is 211 cm³/mol. The van der Waals surface area contributed by atoms with Crippen molar-refractivity contribution < 1.29 is 0 Å². The molecule has 2 aliphatic rings. The van der Waals surface area contributed by atoms with Crippen molar-refractivity contribution in [3.8, 4) is 67.3 Å². The fourth-order valence-electron chi connectivity index (χ4n) is 8.96. The fraction of sp³-hybridized carbons (Fsp3) is 0.0204. The number of aromatic nitrogens is 3. The molecule has 11 rings (SSSR count). The number of fused-ring (bicyclic) bond motifs is 11. The summed E-state index contributed by atoms with van der Waals surface area (Å²) in [5.41, 5.74) is 19.3. The summed E-state index contributed by atoms with van der Waals surface area (Å²) in [5, 5.41) is 0. The Hall–Kier alpha value is -6.84. The van der Waals surface area contributed by atoms with Gasteiger partial charge in [0.1, 0.15) is 5.65 Å². The molecule has 0 atom stereocenters. The largest absolute Gasteiger partial charge is 0.299 e. The van der Waals surface area contributed by atoms with E-state index in [-0.39, 0.29) is 0 Å². The average Bonchev–Trinajstić information content (AvgIpc) is 3.86. The minimum atomic E-state index is -0.393. The highest BCUT2D eigenvalue weighted by atomic mass is 15.0. The summed E-state index contributed by atoms with van der Waals surface area (Å²) >= 11 is 0. The van der Waals surface area contributed by atoms with Crippen LogP contribution in [0.2, 0.25) is 0 Å². The van der Waals surface area contributed by atoms with Crippen LogP contribution in [0.3, 0.4) is 0 Å². The van der Waals surface area contributed by atoms with Crippen molar-refractivity contribution in [1.82, 2.24) is 14.4 Å².